The average Bonchev–Trinajstić information content (AvgIpc) is 2.65. The van der Waals surface area contributed by atoms with E-state index >= 15 is 0 Å². The number of aryl methyl sites for hydroxylation is 1. The number of carbonyl (C=O) groups is 1. The van der Waals surface area contributed by atoms with Crippen LogP contribution in [-0.2, 0) is 4.74 Å². The fourth-order valence-electron chi connectivity index (χ4n) is 2.34. The summed E-state index contributed by atoms with van der Waals surface area (Å²) in [6, 6.07) is 12.5. The minimum absolute atomic E-state index is 0.301. The Kier molecular flexibility index (Phi) is 4.93. The molecule has 0 spiro atoms. The Balaban J connectivity index is 1.90. The maximum atomic E-state index is 11.9. The lowest BCUT2D eigenvalue weighted by Gasteiger charge is -2.14. The van der Waals surface area contributed by atoms with Crippen molar-refractivity contribution in [1.29, 1.82) is 0 Å². The van der Waals surface area contributed by atoms with Crippen LogP contribution in [0.2, 0.25) is 0 Å². The minimum Gasteiger partial charge on any atom is -0.465 e. The van der Waals surface area contributed by atoms with Gasteiger partial charge in [-0.05, 0) is 31.2 Å². The maximum Gasteiger partial charge on any atom is 0.339 e. The van der Waals surface area contributed by atoms with Gasteiger partial charge in [-0.2, -0.15) is 0 Å². The molecule has 8 nitrogen and oxygen atoms in total. The molecule has 3 rings (SSSR count). The number of nitrogens with one attached hydrogen (secondary N) is 2. The van der Waals surface area contributed by atoms with Crippen LogP contribution in [0.25, 0.3) is 0 Å². The molecule has 0 amide bonds. The highest BCUT2D eigenvalue weighted by atomic mass is 16.5. The number of nitrogen functional groups attached to an aromatic ring is 1. The van der Waals surface area contributed by atoms with E-state index in [0.717, 1.165) is 5.69 Å². The summed E-state index contributed by atoms with van der Waals surface area (Å²) in [5, 5.41) is 6.13. The van der Waals surface area contributed by atoms with Gasteiger partial charge in [0.2, 0.25) is 0 Å². The first-order valence-electron chi connectivity index (χ1n) is 7.84. The van der Waals surface area contributed by atoms with Gasteiger partial charge < -0.3 is 21.1 Å². The van der Waals surface area contributed by atoms with Crippen LogP contribution in [0.1, 0.15) is 16.1 Å². The zero-order valence-electron chi connectivity index (χ0n) is 14.4. The van der Waals surface area contributed by atoms with E-state index in [1.165, 1.54) is 13.4 Å². The molecule has 0 aliphatic rings. The molecule has 0 fully saturated rings. The van der Waals surface area contributed by atoms with Crippen molar-refractivity contribution in [2.45, 2.75) is 6.92 Å². The number of esters is 1. The standard InChI is InChI=1S/C18H18N6O2/c1-11-6-5-9-14(22-11)24-17-15(19)16(20-10-21-17)23-13-8-4-3-7-12(13)18(25)26-2/h3-10H,19H2,1-2H3,(H2,20,21,22,23,24). The summed E-state index contributed by atoms with van der Waals surface area (Å²) in [6.07, 6.45) is 1.37. The SMILES string of the molecule is COC(=O)c1ccccc1Nc1ncnc(Nc2cccc(C)n2)c1N. The largest absolute Gasteiger partial charge is 0.465 e. The Morgan fingerprint density at radius 3 is 2.50 bits per heavy atom. The number of rotatable bonds is 5. The first-order valence-corrected chi connectivity index (χ1v) is 7.84. The number of carbonyl (C=O) groups excluding carboxylic acids is 1. The van der Waals surface area contributed by atoms with Crippen LogP contribution in [0.4, 0.5) is 28.8 Å². The smallest absolute Gasteiger partial charge is 0.339 e. The zero-order chi connectivity index (χ0) is 18.5. The highest BCUT2D eigenvalue weighted by molar-refractivity contribution is 5.97. The van der Waals surface area contributed by atoms with Crippen molar-refractivity contribution >= 4 is 34.8 Å². The van der Waals surface area contributed by atoms with Gasteiger partial charge in [0, 0.05) is 5.69 Å². The molecule has 3 aromatic rings. The van der Waals surface area contributed by atoms with E-state index in [9.17, 15) is 4.79 Å². The number of para-hydroxylation sites is 1. The second-order valence-electron chi connectivity index (χ2n) is 5.44. The number of hydrogen-bond acceptors (Lipinski definition) is 8. The second kappa shape index (κ2) is 7.47. The van der Waals surface area contributed by atoms with Crippen molar-refractivity contribution in [2.24, 2.45) is 0 Å². The molecule has 0 saturated carbocycles. The van der Waals surface area contributed by atoms with E-state index in [4.69, 9.17) is 10.5 Å². The molecule has 0 radical (unpaired) electrons. The highest BCUT2D eigenvalue weighted by Crippen LogP contribution is 2.29. The first kappa shape index (κ1) is 17.2. The Morgan fingerprint density at radius 2 is 1.77 bits per heavy atom. The number of ether oxygens (including phenoxy) is 1. The lowest BCUT2D eigenvalue weighted by atomic mass is 10.2. The van der Waals surface area contributed by atoms with Gasteiger partial charge in [0.1, 0.15) is 17.8 Å². The highest BCUT2D eigenvalue weighted by Gasteiger charge is 2.14. The number of nitrogens with two attached hydrogens (primary N) is 1. The van der Waals surface area contributed by atoms with E-state index in [1.54, 1.807) is 24.3 Å². The van der Waals surface area contributed by atoms with E-state index in [2.05, 4.69) is 25.6 Å². The third-order valence-electron chi connectivity index (χ3n) is 3.60. The maximum absolute atomic E-state index is 11.9. The van der Waals surface area contributed by atoms with Gasteiger partial charge in [-0.25, -0.2) is 19.7 Å². The van der Waals surface area contributed by atoms with Crippen LogP contribution in [-0.4, -0.2) is 28.0 Å². The van der Waals surface area contributed by atoms with Crippen molar-refractivity contribution in [2.75, 3.05) is 23.5 Å². The van der Waals surface area contributed by atoms with Crippen LogP contribution >= 0.6 is 0 Å². The summed E-state index contributed by atoms with van der Waals surface area (Å²) in [5.74, 6) is 0.946. The normalized spacial score (nSPS) is 10.2. The summed E-state index contributed by atoms with van der Waals surface area (Å²) < 4.78 is 4.80. The molecule has 2 aromatic heterocycles. The van der Waals surface area contributed by atoms with Crippen molar-refractivity contribution < 1.29 is 9.53 Å². The predicted octanol–water partition coefficient (Wildman–Crippen LogP) is 3.04. The molecule has 0 saturated heterocycles. The van der Waals surface area contributed by atoms with Crippen molar-refractivity contribution in [3.05, 3.63) is 60.0 Å². The fourth-order valence-corrected chi connectivity index (χ4v) is 2.34. The monoisotopic (exact) mass is 350 g/mol. The van der Waals surface area contributed by atoms with Crippen molar-refractivity contribution in [1.82, 2.24) is 15.0 Å². The molecule has 8 heteroatoms. The van der Waals surface area contributed by atoms with E-state index in [1.807, 2.05) is 25.1 Å². The summed E-state index contributed by atoms with van der Waals surface area (Å²) >= 11 is 0. The van der Waals surface area contributed by atoms with E-state index in [-0.39, 0.29) is 0 Å². The second-order valence-corrected chi connectivity index (χ2v) is 5.44. The lowest BCUT2D eigenvalue weighted by molar-refractivity contribution is 0.0602. The molecule has 132 valence electrons. The minimum atomic E-state index is -0.456. The molecule has 2 heterocycles. The van der Waals surface area contributed by atoms with Crippen molar-refractivity contribution in [3.8, 4) is 0 Å². The summed E-state index contributed by atoms with van der Waals surface area (Å²) in [7, 11) is 1.33. The third kappa shape index (κ3) is 3.69. The molecular weight excluding hydrogens is 332 g/mol. The molecule has 1 aromatic carbocycles. The summed E-state index contributed by atoms with van der Waals surface area (Å²) in [5.41, 5.74) is 8.26. The van der Waals surface area contributed by atoms with Gasteiger partial charge in [-0.1, -0.05) is 18.2 Å². The van der Waals surface area contributed by atoms with E-state index < -0.39 is 5.97 Å². The average molecular weight is 350 g/mol. The van der Waals surface area contributed by atoms with Crippen LogP contribution in [0.5, 0.6) is 0 Å². The third-order valence-corrected chi connectivity index (χ3v) is 3.60. The first-order chi connectivity index (χ1) is 12.6. The summed E-state index contributed by atoms with van der Waals surface area (Å²) in [4.78, 5) is 24.6. The molecule has 4 N–H and O–H groups in total. The Labute approximate surface area is 150 Å². The van der Waals surface area contributed by atoms with Crippen molar-refractivity contribution in [3.63, 3.8) is 0 Å². The van der Waals surface area contributed by atoms with E-state index in [0.29, 0.717) is 34.4 Å². The quantitative estimate of drug-likeness (QED) is 0.601. The zero-order valence-corrected chi connectivity index (χ0v) is 14.4. The van der Waals surface area contributed by atoms with Gasteiger partial charge in [0.15, 0.2) is 11.6 Å². The molecule has 26 heavy (non-hydrogen) atoms. The molecular formula is C18H18N6O2. The fraction of sp³-hybridized carbons (Fsp3) is 0.111. The van der Waals surface area contributed by atoms with Gasteiger partial charge in [-0.15, -0.1) is 0 Å². The van der Waals surface area contributed by atoms with Gasteiger partial charge in [-0.3, -0.25) is 0 Å². The molecule has 0 bridgehead atoms. The van der Waals surface area contributed by atoms with Crippen LogP contribution in [0.3, 0.4) is 0 Å². The summed E-state index contributed by atoms with van der Waals surface area (Å²) in [6.45, 7) is 1.89. The Hall–Kier alpha value is -3.68. The predicted molar refractivity (Wildman–Crippen MR) is 99.8 cm³/mol. The van der Waals surface area contributed by atoms with Crippen LogP contribution in [0, 0.1) is 6.92 Å². The Morgan fingerprint density at radius 1 is 1.04 bits per heavy atom. The number of hydrogen-bond donors (Lipinski definition) is 3. The Bertz CT molecular complexity index is 944. The topological polar surface area (TPSA) is 115 Å². The molecule has 0 unspecified atom stereocenters. The number of nitrogens with zero attached hydrogens (tertiary/aromatic N) is 3. The number of aromatic nitrogens is 3. The molecule has 0 atom stereocenters. The van der Waals surface area contributed by atoms with Crippen LogP contribution < -0.4 is 16.4 Å². The molecule has 0 aliphatic heterocycles. The number of benzene rings is 1. The number of pyridine rings is 1. The number of methoxy groups -OCH3 is 1. The lowest BCUT2D eigenvalue weighted by Crippen LogP contribution is -2.09. The van der Waals surface area contributed by atoms with Gasteiger partial charge >= 0.3 is 5.97 Å². The van der Waals surface area contributed by atoms with Gasteiger partial charge in [0.05, 0.1) is 18.4 Å². The number of anilines is 5. The molecule has 0 aliphatic carbocycles. The van der Waals surface area contributed by atoms with Crippen LogP contribution in [0.15, 0.2) is 48.8 Å². The van der Waals surface area contributed by atoms with Gasteiger partial charge in [0.25, 0.3) is 0 Å².